The Morgan fingerprint density at radius 2 is 2.19 bits per heavy atom. The van der Waals surface area contributed by atoms with E-state index in [0.29, 0.717) is 6.01 Å². The van der Waals surface area contributed by atoms with Crippen LogP contribution in [0, 0.1) is 0 Å². The second-order valence-corrected chi connectivity index (χ2v) is 4.70. The first-order valence-corrected chi connectivity index (χ1v) is 5.81. The quantitative estimate of drug-likeness (QED) is 0.766. The predicted octanol–water partition coefficient (Wildman–Crippen LogP) is 3.28. The number of nitrogens with zero attached hydrogens (tertiary/aromatic N) is 2. The Hall–Kier alpha value is -1.22. The number of benzene rings is 1. The van der Waals surface area contributed by atoms with E-state index in [4.69, 9.17) is 16.0 Å². The smallest absolute Gasteiger partial charge is 0.298 e. The molecule has 1 heterocycles. The van der Waals surface area contributed by atoms with Gasteiger partial charge in [-0.15, -0.1) is 11.6 Å². The Labute approximate surface area is 100 Å². The molecule has 0 spiro atoms. The van der Waals surface area contributed by atoms with E-state index in [1.54, 1.807) is 0 Å². The maximum absolute atomic E-state index is 5.91. The van der Waals surface area contributed by atoms with Gasteiger partial charge in [0, 0.05) is 19.0 Å². The molecular weight excluding hydrogens is 224 g/mol. The number of anilines is 1. The molecule has 0 aliphatic heterocycles. The van der Waals surface area contributed by atoms with Crippen LogP contribution in [-0.4, -0.2) is 24.0 Å². The van der Waals surface area contributed by atoms with Gasteiger partial charge in [-0.3, -0.25) is 0 Å². The topological polar surface area (TPSA) is 29.3 Å². The van der Waals surface area contributed by atoms with Crippen LogP contribution in [0.25, 0.3) is 11.1 Å². The van der Waals surface area contributed by atoms with Crippen LogP contribution in [0.5, 0.6) is 0 Å². The highest BCUT2D eigenvalue weighted by Crippen LogP contribution is 2.20. The van der Waals surface area contributed by atoms with Gasteiger partial charge in [-0.25, -0.2) is 0 Å². The Morgan fingerprint density at radius 3 is 2.88 bits per heavy atom. The van der Waals surface area contributed by atoms with E-state index in [9.17, 15) is 0 Å². The van der Waals surface area contributed by atoms with Crippen molar-refractivity contribution in [3.8, 4) is 0 Å². The SMILES string of the molecule is CC(Cl)CCN(C)c1nc2ccccc2o1. The van der Waals surface area contributed by atoms with Crippen molar-refractivity contribution < 1.29 is 4.42 Å². The minimum Gasteiger partial charge on any atom is -0.423 e. The van der Waals surface area contributed by atoms with Gasteiger partial charge in [-0.1, -0.05) is 12.1 Å². The summed E-state index contributed by atoms with van der Waals surface area (Å²) in [7, 11) is 1.96. The van der Waals surface area contributed by atoms with E-state index in [2.05, 4.69) is 4.98 Å². The number of oxazole rings is 1. The predicted molar refractivity (Wildman–Crippen MR) is 67.2 cm³/mol. The maximum atomic E-state index is 5.91. The zero-order valence-corrected chi connectivity index (χ0v) is 10.2. The second kappa shape index (κ2) is 4.74. The molecule has 1 unspecified atom stereocenters. The Morgan fingerprint density at radius 1 is 1.44 bits per heavy atom. The first kappa shape index (κ1) is 11.3. The Bertz CT molecular complexity index is 434. The molecule has 0 radical (unpaired) electrons. The third-order valence-electron chi connectivity index (χ3n) is 2.47. The molecule has 0 saturated carbocycles. The molecule has 0 saturated heterocycles. The van der Waals surface area contributed by atoms with Gasteiger partial charge >= 0.3 is 0 Å². The summed E-state index contributed by atoms with van der Waals surface area (Å²) in [6.45, 7) is 2.83. The van der Waals surface area contributed by atoms with Crippen molar-refractivity contribution in [3.63, 3.8) is 0 Å². The Balaban J connectivity index is 2.13. The van der Waals surface area contributed by atoms with Crippen molar-refractivity contribution in [2.75, 3.05) is 18.5 Å². The first-order valence-electron chi connectivity index (χ1n) is 5.37. The molecule has 0 aliphatic rings. The highest BCUT2D eigenvalue weighted by molar-refractivity contribution is 6.20. The number of aromatic nitrogens is 1. The molecule has 86 valence electrons. The summed E-state index contributed by atoms with van der Waals surface area (Å²) in [6, 6.07) is 8.41. The van der Waals surface area contributed by atoms with Crippen LogP contribution in [0.15, 0.2) is 28.7 Å². The summed E-state index contributed by atoms with van der Waals surface area (Å²) in [5, 5.41) is 0.173. The molecule has 1 aromatic carbocycles. The standard InChI is InChI=1S/C12H15ClN2O/c1-9(13)7-8-15(2)12-14-10-5-3-4-6-11(10)16-12/h3-6,9H,7-8H2,1-2H3. The normalized spacial score (nSPS) is 12.9. The van der Waals surface area contributed by atoms with Crippen molar-refractivity contribution in [2.45, 2.75) is 18.7 Å². The molecule has 1 atom stereocenters. The summed E-state index contributed by atoms with van der Waals surface area (Å²) >= 11 is 5.91. The van der Waals surface area contributed by atoms with Gasteiger partial charge in [0.2, 0.25) is 0 Å². The fourth-order valence-electron chi connectivity index (χ4n) is 1.49. The zero-order valence-electron chi connectivity index (χ0n) is 9.48. The van der Waals surface area contributed by atoms with Crippen molar-refractivity contribution >= 4 is 28.7 Å². The highest BCUT2D eigenvalue weighted by atomic mass is 35.5. The monoisotopic (exact) mass is 238 g/mol. The lowest BCUT2D eigenvalue weighted by Gasteiger charge is -2.14. The number of para-hydroxylation sites is 2. The average Bonchev–Trinajstić information content (AvgIpc) is 2.69. The van der Waals surface area contributed by atoms with Gasteiger partial charge in [0.15, 0.2) is 5.58 Å². The van der Waals surface area contributed by atoms with Crippen LogP contribution in [0.4, 0.5) is 6.01 Å². The second-order valence-electron chi connectivity index (χ2n) is 3.96. The van der Waals surface area contributed by atoms with E-state index in [-0.39, 0.29) is 5.38 Å². The number of halogens is 1. The summed E-state index contributed by atoms with van der Waals surface area (Å²) < 4.78 is 5.63. The number of hydrogen-bond donors (Lipinski definition) is 0. The lowest BCUT2D eigenvalue weighted by Crippen LogP contribution is -2.20. The maximum Gasteiger partial charge on any atom is 0.298 e. The number of rotatable bonds is 4. The molecule has 0 fully saturated rings. The van der Waals surface area contributed by atoms with Gasteiger partial charge < -0.3 is 9.32 Å². The zero-order chi connectivity index (χ0) is 11.5. The van der Waals surface area contributed by atoms with E-state index >= 15 is 0 Å². The molecular formula is C12H15ClN2O. The number of hydrogen-bond acceptors (Lipinski definition) is 3. The molecule has 2 aromatic rings. The molecule has 0 aliphatic carbocycles. The number of fused-ring (bicyclic) bond motifs is 1. The lowest BCUT2D eigenvalue weighted by atomic mass is 10.3. The summed E-state index contributed by atoms with van der Waals surface area (Å²) in [5.74, 6) is 0. The van der Waals surface area contributed by atoms with Crippen LogP contribution < -0.4 is 4.90 Å². The van der Waals surface area contributed by atoms with Crippen LogP contribution in [0.1, 0.15) is 13.3 Å². The fourth-order valence-corrected chi connectivity index (χ4v) is 1.59. The molecule has 16 heavy (non-hydrogen) atoms. The molecule has 0 amide bonds. The van der Waals surface area contributed by atoms with E-state index in [1.807, 2.05) is 43.1 Å². The third-order valence-corrected chi connectivity index (χ3v) is 2.69. The summed E-state index contributed by atoms with van der Waals surface area (Å²) in [5.41, 5.74) is 1.71. The molecule has 4 heteroatoms. The van der Waals surface area contributed by atoms with Crippen molar-refractivity contribution in [2.24, 2.45) is 0 Å². The van der Waals surface area contributed by atoms with Gasteiger partial charge in [0.25, 0.3) is 6.01 Å². The van der Waals surface area contributed by atoms with Crippen molar-refractivity contribution in [1.82, 2.24) is 4.98 Å². The fraction of sp³-hybridized carbons (Fsp3) is 0.417. The van der Waals surface area contributed by atoms with Gasteiger partial charge in [-0.2, -0.15) is 4.98 Å². The minimum atomic E-state index is 0.173. The number of alkyl halides is 1. The molecule has 0 bridgehead atoms. The van der Waals surface area contributed by atoms with Crippen molar-refractivity contribution in [1.29, 1.82) is 0 Å². The summed E-state index contributed by atoms with van der Waals surface area (Å²) in [6.07, 6.45) is 0.913. The average molecular weight is 239 g/mol. The molecule has 2 rings (SSSR count). The van der Waals surface area contributed by atoms with Gasteiger partial charge in [0.05, 0.1) is 0 Å². The third kappa shape index (κ3) is 2.47. The van der Waals surface area contributed by atoms with Crippen LogP contribution in [0.2, 0.25) is 0 Å². The molecule has 1 aromatic heterocycles. The van der Waals surface area contributed by atoms with E-state index in [1.165, 1.54) is 0 Å². The largest absolute Gasteiger partial charge is 0.423 e. The van der Waals surface area contributed by atoms with Gasteiger partial charge in [-0.05, 0) is 25.5 Å². The minimum absolute atomic E-state index is 0.173. The van der Waals surface area contributed by atoms with Crippen LogP contribution >= 0.6 is 11.6 Å². The van der Waals surface area contributed by atoms with Crippen molar-refractivity contribution in [3.05, 3.63) is 24.3 Å². The van der Waals surface area contributed by atoms with E-state index in [0.717, 1.165) is 24.1 Å². The first-order chi connectivity index (χ1) is 7.66. The lowest BCUT2D eigenvalue weighted by molar-refractivity contribution is 0.577. The highest BCUT2D eigenvalue weighted by Gasteiger charge is 2.10. The van der Waals surface area contributed by atoms with Crippen LogP contribution in [-0.2, 0) is 0 Å². The summed E-state index contributed by atoms with van der Waals surface area (Å²) in [4.78, 5) is 6.39. The Kier molecular flexibility index (Phi) is 3.34. The van der Waals surface area contributed by atoms with Crippen LogP contribution in [0.3, 0.4) is 0 Å². The van der Waals surface area contributed by atoms with Gasteiger partial charge in [0.1, 0.15) is 5.52 Å². The molecule has 0 N–H and O–H groups in total. The van der Waals surface area contributed by atoms with E-state index < -0.39 is 0 Å². The molecule has 3 nitrogen and oxygen atoms in total.